The predicted octanol–water partition coefficient (Wildman–Crippen LogP) is 0.205. The lowest BCUT2D eigenvalue weighted by Gasteiger charge is -2.36. The number of benzene rings is 1. The fourth-order valence-electron chi connectivity index (χ4n) is 2.71. The van der Waals surface area contributed by atoms with Crippen LogP contribution in [-0.2, 0) is 13.3 Å². The van der Waals surface area contributed by atoms with Crippen LogP contribution >= 0.6 is 0 Å². The predicted molar refractivity (Wildman–Crippen MR) is 104 cm³/mol. The molecule has 150 valence electrons. The van der Waals surface area contributed by atoms with E-state index in [-0.39, 0.29) is 19.8 Å². The summed E-state index contributed by atoms with van der Waals surface area (Å²) in [5, 5.41) is 28.1. The number of aliphatic hydroxyl groups excluding tert-OH is 3. The molecule has 0 aliphatic heterocycles. The molecule has 0 radical (unpaired) electrons. The summed E-state index contributed by atoms with van der Waals surface area (Å²) in [5.41, 5.74) is 0. The van der Waals surface area contributed by atoms with Crippen LogP contribution in [0.15, 0.2) is 30.3 Å². The van der Waals surface area contributed by atoms with E-state index in [1.54, 1.807) is 13.7 Å². The van der Waals surface area contributed by atoms with Crippen molar-refractivity contribution in [1.82, 2.24) is 0 Å². The Morgan fingerprint density at radius 2 is 1.73 bits per heavy atom. The van der Waals surface area contributed by atoms with Gasteiger partial charge in [-0.15, -0.1) is 0 Å². The highest BCUT2D eigenvalue weighted by atomic mass is 28.5. The number of rotatable bonds is 14. The zero-order chi connectivity index (χ0) is 19.5. The van der Waals surface area contributed by atoms with Crippen LogP contribution in [0.2, 0.25) is 18.6 Å². The van der Waals surface area contributed by atoms with E-state index in [1.807, 2.05) is 30.3 Å². The van der Waals surface area contributed by atoms with Crippen molar-refractivity contribution in [2.45, 2.75) is 37.6 Å². The van der Waals surface area contributed by atoms with Gasteiger partial charge in [0, 0.05) is 20.3 Å². The second-order valence-electron chi connectivity index (χ2n) is 6.41. The molecule has 0 fully saturated rings. The maximum absolute atomic E-state index is 11.0. The van der Waals surface area contributed by atoms with Gasteiger partial charge in [-0.3, -0.25) is 0 Å². The SMILES string of the molecule is CO[Si](CCCO)(CCCOCC(O)CO)O[Si](C)(O)c1ccccc1. The largest absolute Gasteiger partial charge is 0.411 e. The first-order valence-electron chi connectivity index (χ1n) is 8.90. The Balaban J connectivity index is 2.72. The number of ether oxygens (including phenoxy) is 1. The molecule has 3 atom stereocenters. The molecular formula is C17H32O7Si2. The molecule has 0 heterocycles. The van der Waals surface area contributed by atoms with Crippen molar-refractivity contribution < 1.29 is 33.4 Å². The summed E-state index contributed by atoms with van der Waals surface area (Å²) in [6.45, 7) is 1.91. The van der Waals surface area contributed by atoms with Crippen LogP contribution in [0.4, 0.5) is 0 Å². The van der Waals surface area contributed by atoms with Gasteiger partial charge in [0.05, 0.1) is 13.2 Å². The van der Waals surface area contributed by atoms with E-state index in [4.69, 9.17) is 18.4 Å². The molecule has 9 heteroatoms. The van der Waals surface area contributed by atoms with Crippen LogP contribution in [0.1, 0.15) is 12.8 Å². The Kier molecular flexibility index (Phi) is 10.8. The van der Waals surface area contributed by atoms with Gasteiger partial charge in [0.15, 0.2) is 0 Å². The first kappa shape index (κ1) is 23.4. The minimum Gasteiger partial charge on any atom is -0.411 e. The van der Waals surface area contributed by atoms with E-state index in [0.717, 1.165) is 5.19 Å². The molecule has 1 aromatic carbocycles. The zero-order valence-corrected chi connectivity index (χ0v) is 17.6. The number of hydrogen-bond donors (Lipinski definition) is 4. The molecule has 0 aliphatic rings. The minimum atomic E-state index is -3.14. The summed E-state index contributed by atoms with van der Waals surface area (Å²) in [5.74, 6) is 0. The first-order chi connectivity index (χ1) is 12.4. The average molecular weight is 405 g/mol. The summed E-state index contributed by atoms with van der Waals surface area (Å²) in [6.07, 6.45) is 0.308. The minimum absolute atomic E-state index is 0.0374. The summed E-state index contributed by atoms with van der Waals surface area (Å²) in [7, 11) is -4.28. The second kappa shape index (κ2) is 12.0. The Labute approximate surface area is 157 Å². The normalized spacial score (nSPS) is 17.5. The van der Waals surface area contributed by atoms with Gasteiger partial charge in [-0.05, 0) is 36.7 Å². The highest BCUT2D eigenvalue weighted by Crippen LogP contribution is 2.25. The maximum atomic E-state index is 11.0. The van der Waals surface area contributed by atoms with Crippen molar-refractivity contribution in [3.05, 3.63) is 30.3 Å². The Bertz CT molecular complexity index is 489. The fraction of sp³-hybridized carbons (Fsp3) is 0.647. The summed E-state index contributed by atoms with van der Waals surface area (Å²) in [6, 6.07) is 10.5. The molecule has 0 bridgehead atoms. The highest BCUT2D eigenvalue weighted by Gasteiger charge is 2.44. The van der Waals surface area contributed by atoms with E-state index in [0.29, 0.717) is 31.5 Å². The van der Waals surface area contributed by atoms with Crippen LogP contribution in [0.25, 0.3) is 0 Å². The van der Waals surface area contributed by atoms with Crippen molar-refractivity contribution in [2.24, 2.45) is 0 Å². The molecule has 26 heavy (non-hydrogen) atoms. The van der Waals surface area contributed by atoms with Gasteiger partial charge in [0.1, 0.15) is 6.10 Å². The van der Waals surface area contributed by atoms with Crippen molar-refractivity contribution in [1.29, 1.82) is 0 Å². The van der Waals surface area contributed by atoms with Gasteiger partial charge in [-0.2, -0.15) is 0 Å². The lowest BCUT2D eigenvalue weighted by atomic mass is 10.4. The fourth-order valence-corrected chi connectivity index (χ4v) is 10.1. The van der Waals surface area contributed by atoms with Gasteiger partial charge in [-0.1, -0.05) is 30.3 Å². The van der Waals surface area contributed by atoms with Crippen molar-refractivity contribution >= 4 is 22.3 Å². The van der Waals surface area contributed by atoms with Crippen LogP contribution in [0.5, 0.6) is 0 Å². The molecule has 0 aromatic heterocycles. The molecule has 1 aromatic rings. The molecular weight excluding hydrogens is 372 g/mol. The maximum Gasteiger partial charge on any atom is 0.357 e. The van der Waals surface area contributed by atoms with Gasteiger partial charge >= 0.3 is 17.1 Å². The molecule has 0 saturated carbocycles. The van der Waals surface area contributed by atoms with Crippen LogP contribution in [0, 0.1) is 0 Å². The Hall–Kier alpha value is -0.626. The molecule has 0 saturated heterocycles. The van der Waals surface area contributed by atoms with E-state index in [2.05, 4.69) is 0 Å². The topological polar surface area (TPSA) is 109 Å². The molecule has 0 aliphatic carbocycles. The molecule has 4 N–H and O–H groups in total. The highest BCUT2D eigenvalue weighted by molar-refractivity contribution is 6.87. The van der Waals surface area contributed by atoms with Crippen molar-refractivity contribution in [3.8, 4) is 0 Å². The summed E-state index contributed by atoms with van der Waals surface area (Å²) in [4.78, 5) is 11.0. The Morgan fingerprint density at radius 1 is 1.08 bits per heavy atom. The van der Waals surface area contributed by atoms with E-state index < -0.39 is 23.2 Å². The van der Waals surface area contributed by atoms with E-state index in [9.17, 15) is 15.0 Å². The molecule has 0 amide bonds. The van der Waals surface area contributed by atoms with Gasteiger partial charge in [0.2, 0.25) is 0 Å². The van der Waals surface area contributed by atoms with Gasteiger partial charge in [-0.25, -0.2) is 0 Å². The zero-order valence-electron chi connectivity index (χ0n) is 15.6. The summed E-state index contributed by atoms with van der Waals surface area (Å²) >= 11 is 0. The monoisotopic (exact) mass is 404 g/mol. The molecule has 3 unspecified atom stereocenters. The van der Waals surface area contributed by atoms with Crippen LogP contribution in [0.3, 0.4) is 0 Å². The van der Waals surface area contributed by atoms with Crippen LogP contribution < -0.4 is 5.19 Å². The second-order valence-corrected chi connectivity index (χ2v) is 13.0. The van der Waals surface area contributed by atoms with Gasteiger partial charge in [0.25, 0.3) is 0 Å². The van der Waals surface area contributed by atoms with Crippen LogP contribution in [-0.4, -0.2) is 76.9 Å². The third kappa shape index (κ3) is 7.95. The van der Waals surface area contributed by atoms with Crippen molar-refractivity contribution in [3.63, 3.8) is 0 Å². The Morgan fingerprint density at radius 3 is 2.31 bits per heavy atom. The van der Waals surface area contributed by atoms with E-state index in [1.165, 1.54) is 0 Å². The van der Waals surface area contributed by atoms with Crippen molar-refractivity contribution in [2.75, 3.05) is 33.5 Å². The smallest absolute Gasteiger partial charge is 0.357 e. The first-order valence-corrected chi connectivity index (χ1v) is 13.5. The third-order valence-electron chi connectivity index (χ3n) is 4.15. The molecule has 1 rings (SSSR count). The molecule has 7 nitrogen and oxygen atoms in total. The van der Waals surface area contributed by atoms with E-state index >= 15 is 0 Å². The average Bonchev–Trinajstić information content (AvgIpc) is 2.66. The third-order valence-corrected chi connectivity index (χ3v) is 11.6. The number of aliphatic hydroxyl groups is 3. The molecule has 0 spiro atoms. The lowest BCUT2D eigenvalue weighted by molar-refractivity contribution is 0.00614. The lowest BCUT2D eigenvalue weighted by Crippen LogP contribution is -2.58. The standard InChI is InChI=1S/C17H32O7Si2/c1-22-26(12-6-10-18,13-7-11-23-15-16(20)14-19)24-25(2,21)17-8-4-3-5-9-17/h3-5,8-9,16,18-21H,6-7,10-15H2,1-2H3. The van der Waals surface area contributed by atoms with Gasteiger partial charge < -0.3 is 33.4 Å². The summed E-state index contributed by atoms with van der Waals surface area (Å²) < 4.78 is 17.4. The quantitative estimate of drug-likeness (QED) is 0.259. The number of hydrogen-bond acceptors (Lipinski definition) is 7.